The Labute approximate surface area is 119 Å². The van der Waals surface area contributed by atoms with Gasteiger partial charge in [0.25, 0.3) is 0 Å². The summed E-state index contributed by atoms with van der Waals surface area (Å²) in [6, 6.07) is 2.04. The molecule has 4 nitrogen and oxygen atoms in total. The van der Waals surface area contributed by atoms with Crippen LogP contribution in [-0.4, -0.2) is 21.3 Å². The van der Waals surface area contributed by atoms with E-state index in [0.29, 0.717) is 5.02 Å². The quantitative estimate of drug-likeness (QED) is 0.857. The van der Waals surface area contributed by atoms with E-state index in [2.05, 4.69) is 38.3 Å². The maximum atomic E-state index is 5.88. The molecule has 0 aromatic carbocycles. The highest BCUT2D eigenvalue weighted by Crippen LogP contribution is 2.18. The first-order chi connectivity index (χ1) is 8.70. The topological polar surface area (TPSA) is 42.7 Å². The molecule has 18 heavy (non-hydrogen) atoms. The van der Waals surface area contributed by atoms with Crippen molar-refractivity contribution in [2.45, 2.75) is 19.9 Å². The van der Waals surface area contributed by atoms with Crippen LogP contribution >= 0.6 is 27.5 Å². The summed E-state index contributed by atoms with van der Waals surface area (Å²) in [5.74, 6) is 0.800. The van der Waals surface area contributed by atoms with E-state index in [1.54, 1.807) is 23.3 Å². The lowest BCUT2D eigenvalue weighted by Gasteiger charge is -2.09. The zero-order chi connectivity index (χ0) is 13.0. The van der Waals surface area contributed by atoms with Gasteiger partial charge in [-0.25, -0.2) is 9.67 Å². The molecule has 2 aromatic rings. The van der Waals surface area contributed by atoms with Gasteiger partial charge in [0.2, 0.25) is 0 Å². The van der Waals surface area contributed by atoms with Crippen molar-refractivity contribution in [3.63, 3.8) is 0 Å². The van der Waals surface area contributed by atoms with Crippen LogP contribution in [0.2, 0.25) is 5.02 Å². The van der Waals surface area contributed by atoms with Gasteiger partial charge in [0.15, 0.2) is 5.82 Å². The van der Waals surface area contributed by atoms with Gasteiger partial charge in [-0.2, -0.15) is 5.10 Å². The Morgan fingerprint density at radius 3 is 2.94 bits per heavy atom. The molecule has 0 bridgehead atoms. The van der Waals surface area contributed by atoms with Crippen LogP contribution in [0.4, 0.5) is 0 Å². The van der Waals surface area contributed by atoms with E-state index in [1.807, 2.05) is 6.07 Å². The van der Waals surface area contributed by atoms with Crippen LogP contribution in [0.1, 0.15) is 18.9 Å². The predicted molar refractivity (Wildman–Crippen MR) is 76.1 cm³/mol. The highest BCUT2D eigenvalue weighted by atomic mass is 79.9. The molecular formula is C12H14BrClN4. The summed E-state index contributed by atoms with van der Waals surface area (Å²) in [6.45, 7) is 3.87. The molecule has 0 saturated carbocycles. The molecule has 0 unspecified atom stereocenters. The number of pyridine rings is 1. The van der Waals surface area contributed by atoms with Gasteiger partial charge in [-0.05, 0) is 35.0 Å². The molecule has 0 aliphatic rings. The molecule has 2 heterocycles. The summed E-state index contributed by atoms with van der Waals surface area (Å²) in [4.78, 5) is 4.40. The number of halogens is 2. The Balaban J connectivity index is 2.28. The first-order valence-corrected chi connectivity index (χ1v) is 6.93. The fourth-order valence-corrected chi connectivity index (χ4v) is 2.14. The normalized spacial score (nSPS) is 10.8. The number of nitrogens with one attached hydrogen (secondary N) is 1. The van der Waals surface area contributed by atoms with Crippen LogP contribution in [0.5, 0.6) is 0 Å². The van der Waals surface area contributed by atoms with Crippen LogP contribution < -0.4 is 5.32 Å². The fourth-order valence-electron chi connectivity index (χ4n) is 1.63. The zero-order valence-electron chi connectivity index (χ0n) is 10.0. The molecule has 6 heteroatoms. The molecule has 0 spiro atoms. The SMILES string of the molecule is CCCNCc1cc(Br)cnc1-n1cc(Cl)cn1. The number of hydrogen-bond donors (Lipinski definition) is 1. The number of nitrogens with zero attached hydrogens (tertiary/aromatic N) is 3. The van der Waals surface area contributed by atoms with Gasteiger partial charge in [-0.1, -0.05) is 18.5 Å². The molecule has 0 radical (unpaired) electrons. The minimum atomic E-state index is 0.604. The molecule has 0 aliphatic heterocycles. The minimum absolute atomic E-state index is 0.604. The van der Waals surface area contributed by atoms with Gasteiger partial charge >= 0.3 is 0 Å². The first-order valence-electron chi connectivity index (χ1n) is 5.76. The Kier molecular flexibility index (Phi) is 4.74. The van der Waals surface area contributed by atoms with Crippen molar-refractivity contribution >= 4 is 27.5 Å². The van der Waals surface area contributed by atoms with Crippen molar-refractivity contribution < 1.29 is 0 Å². The summed E-state index contributed by atoms with van der Waals surface area (Å²) in [6.07, 6.45) is 6.22. The monoisotopic (exact) mass is 328 g/mol. The first kappa shape index (κ1) is 13.5. The molecule has 2 aromatic heterocycles. The molecule has 2 rings (SSSR count). The predicted octanol–water partition coefficient (Wildman–Crippen LogP) is 3.18. The second kappa shape index (κ2) is 6.31. The molecule has 0 atom stereocenters. The van der Waals surface area contributed by atoms with Gasteiger partial charge < -0.3 is 5.32 Å². The van der Waals surface area contributed by atoms with Crippen LogP contribution in [0, 0.1) is 0 Å². The Morgan fingerprint density at radius 2 is 2.28 bits per heavy atom. The van der Waals surface area contributed by atoms with Crippen LogP contribution in [0.25, 0.3) is 5.82 Å². The van der Waals surface area contributed by atoms with Crippen molar-refractivity contribution in [1.29, 1.82) is 0 Å². The highest BCUT2D eigenvalue weighted by Gasteiger charge is 2.08. The van der Waals surface area contributed by atoms with E-state index in [9.17, 15) is 0 Å². The summed E-state index contributed by atoms with van der Waals surface area (Å²) in [5, 5.41) is 8.15. The van der Waals surface area contributed by atoms with Crippen LogP contribution in [0.15, 0.2) is 29.1 Å². The molecule has 0 aliphatic carbocycles. The van der Waals surface area contributed by atoms with E-state index in [1.165, 1.54) is 0 Å². The third-order valence-electron chi connectivity index (χ3n) is 2.42. The standard InChI is InChI=1S/C12H14BrClN4/c1-2-3-15-5-9-4-10(13)6-16-12(9)18-8-11(14)7-17-18/h4,6-8,15H,2-3,5H2,1H3. The summed E-state index contributed by atoms with van der Waals surface area (Å²) in [5.41, 5.74) is 1.08. The molecular weight excluding hydrogens is 316 g/mol. The van der Waals surface area contributed by atoms with Crippen molar-refractivity contribution in [2.24, 2.45) is 0 Å². The van der Waals surface area contributed by atoms with Gasteiger partial charge in [-0.15, -0.1) is 0 Å². The Morgan fingerprint density at radius 1 is 1.44 bits per heavy atom. The average molecular weight is 330 g/mol. The second-order valence-electron chi connectivity index (χ2n) is 3.92. The third-order valence-corrected chi connectivity index (χ3v) is 3.05. The molecule has 0 fully saturated rings. The Bertz CT molecular complexity index is 527. The van der Waals surface area contributed by atoms with Crippen molar-refractivity contribution in [3.05, 3.63) is 39.7 Å². The van der Waals surface area contributed by atoms with Crippen molar-refractivity contribution in [3.8, 4) is 5.82 Å². The average Bonchev–Trinajstić information content (AvgIpc) is 2.76. The van der Waals surface area contributed by atoms with E-state index in [4.69, 9.17) is 11.6 Å². The summed E-state index contributed by atoms with van der Waals surface area (Å²) >= 11 is 9.32. The molecule has 0 saturated heterocycles. The van der Waals surface area contributed by atoms with Crippen molar-refractivity contribution in [1.82, 2.24) is 20.1 Å². The third kappa shape index (κ3) is 3.31. The van der Waals surface area contributed by atoms with E-state index < -0.39 is 0 Å². The summed E-state index contributed by atoms with van der Waals surface area (Å²) in [7, 11) is 0. The molecule has 1 N–H and O–H groups in total. The van der Waals surface area contributed by atoms with E-state index in [0.717, 1.165) is 35.4 Å². The lowest BCUT2D eigenvalue weighted by Crippen LogP contribution is -2.16. The fraction of sp³-hybridized carbons (Fsp3) is 0.333. The van der Waals surface area contributed by atoms with Gasteiger partial charge in [0.1, 0.15) is 0 Å². The van der Waals surface area contributed by atoms with Gasteiger partial charge in [0.05, 0.1) is 17.4 Å². The lowest BCUT2D eigenvalue weighted by atomic mass is 10.2. The maximum absolute atomic E-state index is 5.88. The molecule has 96 valence electrons. The van der Waals surface area contributed by atoms with Gasteiger partial charge in [0, 0.05) is 22.8 Å². The van der Waals surface area contributed by atoms with Crippen LogP contribution in [0.3, 0.4) is 0 Å². The number of rotatable bonds is 5. The van der Waals surface area contributed by atoms with Crippen molar-refractivity contribution in [2.75, 3.05) is 6.54 Å². The van der Waals surface area contributed by atoms with Crippen LogP contribution in [-0.2, 0) is 6.54 Å². The van der Waals surface area contributed by atoms with E-state index in [-0.39, 0.29) is 0 Å². The number of hydrogen-bond acceptors (Lipinski definition) is 3. The second-order valence-corrected chi connectivity index (χ2v) is 5.27. The summed E-state index contributed by atoms with van der Waals surface area (Å²) < 4.78 is 2.65. The maximum Gasteiger partial charge on any atom is 0.157 e. The largest absolute Gasteiger partial charge is 0.313 e. The molecule has 0 amide bonds. The number of aromatic nitrogens is 3. The smallest absolute Gasteiger partial charge is 0.157 e. The highest BCUT2D eigenvalue weighted by molar-refractivity contribution is 9.10. The zero-order valence-corrected chi connectivity index (χ0v) is 12.4. The minimum Gasteiger partial charge on any atom is -0.313 e. The Hall–Kier alpha value is -0.910. The van der Waals surface area contributed by atoms with E-state index >= 15 is 0 Å². The van der Waals surface area contributed by atoms with Gasteiger partial charge in [-0.3, -0.25) is 0 Å². The lowest BCUT2D eigenvalue weighted by molar-refractivity contribution is 0.666.